The van der Waals surface area contributed by atoms with Crippen LogP contribution in [0.5, 0.6) is 0 Å². The predicted molar refractivity (Wildman–Crippen MR) is 54.5 cm³/mol. The van der Waals surface area contributed by atoms with Gasteiger partial charge in [0.05, 0.1) is 0 Å². The van der Waals surface area contributed by atoms with Crippen LogP contribution in [0.3, 0.4) is 0 Å². The molecule has 76 valence electrons. The van der Waals surface area contributed by atoms with Crippen molar-refractivity contribution in [2.24, 2.45) is 29.6 Å². The summed E-state index contributed by atoms with van der Waals surface area (Å²) in [5.41, 5.74) is 0. The van der Waals surface area contributed by atoms with E-state index in [2.05, 4.69) is 11.9 Å². The highest BCUT2D eigenvalue weighted by Crippen LogP contribution is 2.69. The van der Waals surface area contributed by atoms with Crippen LogP contribution in [0.15, 0.2) is 12.7 Å². The molecule has 3 fully saturated rings. The van der Waals surface area contributed by atoms with E-state index >= 15 is 0 Å². The Morgan fingerprint density at radius 2 is 2.00 bits per heavy atom. The Bertz CT molecular complexity index is 270. The molecule has 3 aliphatic carbocycles. The third kappa shape index (κ3) is 0.999. The molecule has 0 radical (unpaired) electrons. The molecule has 1 amide bonds. The number of rotatable bonds is 3. The minimum absolute atomic E-state index is 0.288. The monoisotopic (exact) mass is 191 g/mol. The summed E-state index contributed by atoms with van der Waals surface area (Å²) in [5, 5.41) is 2.93. The lowest BCUT2D eigenvalue weighted by Gasteiger charge is -2.07. The van der Waals surface area contributed by atoms with Crippen LogP contribution >= 0.6 is 0 Å². The van der Waals surface area contributed by atoms with Crippen LogP contribution in [0.25, 0.3) is 0 Å². The molecular weight excluding hydrogens is 174 g/mol. The van der Waals surface area contributed by atoms with Gasteiger partial charge in [-0.2, -0.15) is 0 Å². The SMILES string of the molecule is C=CCNC(=O)C1C2C3CCC(C3)C12. The van der Waals surface area contributed by atoms with Gasteiger partial charge in [0.15, 0.2) is 0 Å². The van der Waals surface area contributed by atoms with Crippen molar-refractivity contribution in [3.63, 3.8) is 0 Å². The highest BCUT2D eigenvalue weighted by molar-refractivity contribution is 5.82. The number of carbonyl (C=O) groups is 1. The average molecular weight is 191 g/mol. The van der Waals surface area contributed by atoms with Gasteiger partial charge in [0, 0.05) is 12.5 Å². The smallest absolute Gasteiger partial charge is 0.223 e. The van der Waals surface area contributed by atoms with Gasteiger partial charge in [-0.25, -0.2) is 0 Å². The molecule has 2 bridgehead atoms. The van der Waals surface area contributed by atoms with E-state index in [9.17, 15) is 4.79 Å². The largest absolute Gasteiger partial charge is 0.352 e. The maximum Gasteiger partial charge on any atom is 0.223 e. The number of amides is 1. The second-order valence-electron chi connectivity index (χ2n) is 5.05. The summed E-state index contributed by atoms with van der Waals surface area (Å²) in [7, 11) is 0. The summed E-state index contributed by atoms with van der Waals surface area (Å²) in [6, 6.07) is 0. The molecule has 4 unspecified atom stereocenters. The van der Waals surface area contributed by atoms with Gasteiger partial charge >= 0.3 is 0 Å². The zero-order chi connectivity index (χ0) is 9.71. The van der Waals surface area contributed by atoms with Crippen molar-refractivity contribution in [1.82, 2.24) is 5.32 Å². The van der Waals surface area contributed by atoms with Crippen LogP contribution < -0.4 is 5.32 Å². The maximum atomic E-state index is 11.7. The van der Waals surface area contributed by atoms with E-state index in [1.807, 2.05) is 0 Å². The molecule has 0 aromatic heterocycles. The Hall–Kier alpha value is -0.790. The lowest BCUT2D eigenvalue weighted by Crippen LogP contribution is -2.27. The van der Waals surface area contributed by atoms with Crippen LogP contribution in [-0.2, 0) is 4.79 Å². The van der Waals surface area contributed by atoms with E-state index < -0.39 is 0 Å². The minimum Gasteiger partial charge on any atom is -0.352 e. The van der Waals surface area contributed by atoms with Crippen molar-refractivity contribution in [2.45, 2.75) is 19.3 Å². The van der Waals surface area contributed by atoms with Gasteiger partial charge in [0.25, 0.3) is 0 Å². The van der Waals surface area contributed by atoms with Gasteiger partial charge in [-0.1, -0.05) is 6.08 Å². The lowest BCUT2D eigenvalue weighted by atomic mass is 10.0. The molecule has 0 aromatic carbocycles. The van der Waals surface area contributed by atoms with Crippen molar-refractivity contribution in [3.8, 4) is 0 Å². The van der Waals surface area contributed by atoms with E-state index in [1.165, 1.54) is 19.3 Å². The van der Waals surface area contributed by atoms with Gasteiger partial charge in [0.1, 0.15) is 0 Å². The fourth-order valence-electron chi connectivity index (χ4n) is 3.97. The summed E-state index contributed by atoms with van der Waals surface area (Å²) in [6.07, 6.45) is 5.94. The van der Waals surface area contributed by atoms with Crippen LogP contribution in [0, 0.1) is 29.6 Å². The first-order valence-electron chi connectivity index (χ1n) is 5.71. The quantitative estimate of drug-likeness (QED) is 0.674. The Kier molecular flexibility index (Phi) is 1.73. The third-order valence-corrected chi connectivity index (χ3v) is 4.46. The van der Waals surface area contributed by atoms with Gasteiger partial charge in [0.2, 0.25) is 5.91 Å². The zero-order valence-corrected chi connectivity index (χ0v) is 8.41. The molecule has 2 nitrogen and oxygen atoms in total. The zero-order valence-electron chi connectivity index (χ0n) is 8.41. The van der Waals surface area contributed by atoms with Crippen LogP contribution in [0.1, 0.15) is 19.3 Å². The van der Waals surface area contributed by atoms with Gasteiger partial charge in [-0.05, 0) is 42.9 Å². The fourth-order valence-corrected chi connectivity index (χ4v) is 3.97. The molecule has 14 heavy (non-hydrogen) atoms. The summed E-state index contributed by atoms with van der Waals surface area (Å²) < 4.78 is 0. The summed E-state index contributed by atoms with van der Waals surface area (Å²) in [4.78, 5) is 11.7. The molecule has 1 N–H and O–H groups in total. The molecule has 0 saturated heterocycles. The summed E-state index contributed by atoms with van der Waals surface area (Å²) in [6.45, 7) is 4.24. The Balaban J connectivity index is 1.62. The Labute approximate surface area is 84.8 Å². The van der Waals surface area contributed by atoms with E-state index in [0.717, 1.165) is 23.7 Å². The summed E-state index contributed by atoms with van der Waals surface area (Å²) in [5.74, 6) is 3.98. The van der Waals surface area contributed by atoms with Crippen LogP contribution in [0.4, 0.5) is 0 Å². The average Bonchev–Trinajstić information content (AvgIpc) is 2.64. The summed E-state index contributed by atoms with van der Waals surface area (Å²) >= 11 is 0. The highest BCUT2D eigenvalue weighted by atomic mass is 16.2. The van der Waals surface area contributed by atoms with Crippen molar-refractivity contribution in [3.05, 3.63) is 12.7 Å². The first kappa shape index (κ1) is 8.51. The fraction of sp³-hybridized carbons (Fsp3) is 0.750. The third-order valence-electron chi connectivity index (χ3n) is 4.46. The van der Waals surface area contributed by atoms with E-state index in [1.54, 1.807) is 6.08 Å². The normalized spacial score (nSPS) is 47.3. The standard InChI is InChI=1S/C12H17NO/c1-2-5-13-12(14)11-9-7-3-4-8(6-7)10(9)11/h2,7-11H,1,3-6H2,(H,13,14). The first-order valence-corrected chi connectivity index (χ1v) is 5.71. The Morgan fingerprint density at radius 1 is 1.36 bits per heavy atom. The van der Waals surface area contributed by atoms with E-state index in [-0.39, 0.29) is 5.91 Å². The number of hydrogen-bond acceptors (Lipinski definition) is 1. The lowest BCUT2D eigenvalue weighted by molar-refractivity contribution is -0.123. The topological polar surface area (TPSA) is 29.1 Å². The van der Waals surface area contributed by atoms with Crippen LogP contribution in [0.2, 0.25) is 0 Å². The van der Waals surface area contributed by atoms with Gasteiger partial charge in [-0.3, -0.25) is 4.79 Å². The van der Waals surface area contributed by atoms with Crippen molar-refractivity contribution in [2.75, 3.05) is 6.54 Å². The van der Waals surface area contributed by atoms with Crippen molar-refractivity contribution < 1.29 is 4.79 Å². The highest BCUT2D eigenvalue weighted by Gasteiger charge is 2.67. The molecule has 0 aromatic rings. The van der Waals surface area contributed by atoms with Gasteiger partial charge in [-0.15, -0.1) is 6.58 Å². The molecule has 0 spiro atoms. The second kappa shape index (κ2) is 2.85. The minimum atomic E-state index is 0.288. The van der Waals surface area contributed by atoms with Crippen LogP contribution in [-0.4, -0.2) is 12.5 Å². The second-order valence-corrected chi connectivity index (χ2v) is 5.05. The number of hydrogen-bond donors (Lipinski definition) is 1. The molecule has 0 aliphatic heterocycles. The molecule has 3 aliphatic rings. The first-order chi connectivity index (χ1) is 6.83. The Morgan fingerprint density at radius 3 is 2.57 bits per heavy atom. The van der Waals surface area contributed by atoms with Crippen molar-refractivity contribution in [1.29, 1.82) is 0 Å². The number of nitrogens with one attached hydrogen (secondary N) is 1. The molecule has 3 saturated carbocycles. The molecule has 2 heteroatoms. The molecule has 3 rings (SSSR count). The van der Waals surface area contributed by atoms with Crippen molar-refractivity contribution >= 4 is 5.91 Å². The van der Waals surface area contributed by atoms with Gasteiger partial charge < -0.3 is 5.32 Å². The molecular formula is C12H17NO. The van der Waals surface area contributed by atoms with E-state index in [4.69, 9.17) is 0 Å². The predicted octanol–water partition coefficient (Wildman–Crippen LogP) is 1.58. The number of fused-ring (bicyclic) bond motifs is 5. The maximum absolute atomic E-state index is 11.7. The van der Waals surface area contributed by atoms with E-state index in [0.29, 0.717) is 12.5 Å². The molecule has 0 heterocycles. The number of carbonyl (C=O) groups excluding carboxylic acids is 1. The molecule has 4 atom stereocenters.